The van der Waals surface area contributed by atoms with Gasteiger partial charge in [-0.3, -0.25) is 25.8 Å². The number of hydrogen-bond acceptors (Lipinski definition) is 4. The normalized spacial score (nSPS) is 11.9. The van der Waals surface area contributed by atoms with E-state index in [9.17, 15) is 9.59 Å². The summed E-state index contributed by atoms with van der Waals surface area (Å²) in [7, 11) is 0. The van der Waals surface area contributed by atoms with Crippen LogP contribution in [0.4, 0.5) is 0 Å². The lowest BCUT2D eigenvalue weighted by molar-refractivity contribution is -0.127. The van der Waals surface area contributed by atoms with E-state index in [2.05, 4.69) is 16.2 Å². The van der Waals surface area contributed by atoms with Crippen molar-refractivity contribution in [3.8, 4) is 0 Å². The van der Waals surface area contributed by atoms with Gasteiger partial charge < -0.3 is 4.42 Å². The lowest BCUT2D eigenvalue weighted by Gasteiger charge is -2.11. The molecule has 1 rings (SSSR count). The summed E-state index contributed by atoms with van der Waals surface area (Å²) in [5.41, 5.74) is 4.45. The van der Waals surface area contributed by atoms with Crippen molar-refractivity contribution in [3.63, 3.8) is 0 Å². The average molecular weight is 225 g/mol. The predicted octanol–water partition coefficient (Wildman–Crippen LogP) is 0.0975. The largest absolute Gasteiger partial charge is 0.468 e. The molecule has 16 heavy (non-hydrogen) atoms. The van der Waals surface area contributed by atoms with E-state index in [1.165, 1.54) is 6.92 Å². The highest BCUT2D eigenvalue weighted by Gasteiger charge is 2.09. The summed E-state index contributed by atoms with van der Waals surface area (Å²) in [6.45, 7) is 3.30. The minimum absolute atomic E-state index is 0.0573. The van der Waals surface area contributed by atoms with Gasteiger partial charge in [0, 0.05) is 6.92 Å². The molecule has 0 aliphatic rings. The van der Waals surface area contributed by atoms with E-state index in [0.29, 0.717) is 0 Å². The van der Waals surface area contributed by atoms with Gasteiger partial charge in [-0.25, -0.2) is 0 Å². The topological polar surface area (TPSA) is 83.4 Å². The molecule has 1 aromatic heterocycles. The molecule has 6 nitrogen and oxygen atoms in total. The van der Waals surface area contributed by atoms with Gasteiger partial charge in [-0.2, -0.15) is 0 Å². The number of nitrogens with one attached hydrogen (secondary N) is 3. The van der Waals surface area contributed by atoms with Crippen LogP contribution in [-0.2, 0) is 9.59 Å². The molecular weight excluding hydrogens is 210 g/mol. The Kier molecular flexibility index (Phi) is 4.53. The van der Waals surface area contributed by atoms with Gasteiger partial charge in [0.05, 0.1) is 18.8 Å². The number of furan rings is 1. The molecule has 0 saturated carbocycles. The highest BCUT2D eigenvalue weighted by Crippen LogP contribution is 2.11. The van der Waals surface area contributed by atoms with E-state index >= 15 is 0 Å². The Morgan fingerprint density at radius 2 is 2.19 bits per heavy atom. The number of rotatable bonds is 4. The molecule has 3 N–H and O–H groups in total. The number of hydrogen-bond donors (Lipinski definition) is 3. The molecule has 0 spiro atoms. The summed E-state index contributed by atoms with van der Waals surface area (Å²) in [4.78, 5) is 21.7. The molecule has 0 unspecified atom stereocenters. The van der Waals surface area contributed by atoms with Crippen LogP contribution in [-0.4, -0.2) is 18.4 Å². The Labute approximate surface area is 93.4 Å². The van der Waals surface area contributed by atoms with Crippen molar-refractivity contribution in [2.24, 2.45) is 0 Å². The average Bonchev–Trinajstić information content (AvgIpc) is 2.76. The first-order chi connectivity index (χ1) is 7.59. The van der Waals surface area contributed by atoms with Crippen molar-refractivity contribution < 1.29 is 14.0 Å². The molecule has 0 bridgehead atoms. The maximum atomic E-state index is 11.2. The van der Waals surface area contributed by atoms with Gasteiger partial charge in [-0.05, 0) is 19.1 Å². The van der Waals surface area contributed by atoms with Crippen molar-refractivity contribution in [3.05, 3.63) is 24.2 Å². The third-order valence-electron chi connectivity index (χ3n) is 1.92. The lowest BCUT2D eigenvalue weighted by Crippen LogP contribution is -2.44. The van der Waals surface area contributed by atoms with Gasteiger partial charge in [0.1, 0.15) is 5.76 Å². The summed E-state index contributed by atoms with van der Waals surface area (Å²) >= 11 is 0. The minimum Gasteiger partial charge on any atom is -0.468 e. The summed E-state index contributed by atoms with van der Waals surface area (Å²) in [6, 6.07) is 3.55. The first-order valence-electron chi connectivity index (χ1n) is 4.92. The van der Waals surface area contributed by atoms with Crippen LogP contribution in [0.25, 0.3) is 0 Å². The minimum atomic E-state index is -0.313. The molecule has 2 amide bonds. The molecule has 0 radical (unpaired) electrons. The van der Waals surface area contributed by atoms with Crippen LogP contribution in [0, 0.1) is 0 Å². The fourth-order valence-corrected chi connectivity index (χ4v) is 1.09. The van der Waals surface area contributed by atoms with Gasteiger partial charge in [0.15, 0.2) is 0 Å². The van der Waals surface area contributed by atoms with E-state index in [1.54, 1.807) is 12.3 Å². The summed E-state index contributed by atoms with van der Waals surface area (Å²) in [5.74, 6) is 0.133. The number of carbonyl (C=O) groups is 2. The number of carbonyl (C=O) groups excluding carboxylic acids is 2. The fourth-order valence-electron chi connectivity index (χ4n) is 1.09. The van der Waals surface area contributed by atoms with Crippen LogP contribution >= 0.6 is 0 Å². The Bertz CT molecular complexity index is 348. The highest BCUT2D eigenvalue weighted by atomic mass is 16.3. The molecule has 1 heterocycles. The third-order valence-corrected chi connectivity index (χ3v) is 1.92. The van der Waals surface area contributed by atoms with E-state index in [0.717, 1.165) is 5.76 Å². The van der Waals surface area contributed by atoms with E-state index in [1.807, 2.05) is 13.0 Å². The lowest BCUT2D eigenvalue weighted by atomic mass is 10.2. The second kappa shape index (κ2) is 5.92. The van der Waals surface area contributed by atoms with Crippen molar-refractivity contribution >= 4 is 11.8 Å². The van der Waals surface area contributed by atoms with Crippen molar-refractivity contribution in [1.29, 1.82) is 0 Å². The molecule has 0 fully saturated rings. The molecule has 0 aliphatic carbocycles. The maximum absolute atomic E-state index is 11.2. The fraction of sp³-hybridized carbons (Fsp3) is 0.400. The van der Waals surface area contributed by atoms with Gasteiger partial charge in [-0.1, -0.05) is 0 Å². The highest BCUT2D eigenvalue weighted by molar-refractivity contribution is 5.81. The number of hydrazine groups is 1. The van der Waals surface area contributed by atoms with Gasteiger partial charge in [-0.15, -0.1) is 0 Å². The zero-order valence-corrected chi connectivity index (χ0v) is 9.24. The predicted molar refractivity (Wildman–Crippen MR) is 57.1 cm³/mol. The Hall–Kier alpha value is -1.82. The van der Waals surface area contributed by atoms with Crippen LogP contribution < -0.4 is 16.2 Å². The molecule has 0 saturated heterocycles. The monoisotopic (exact) mass is 225 g/mol. The Balaban J connectivity index is 2.24. The van der Waals surface area contributed by atoms with Crippen LogP contribution in [0.3, 0.4) is 0 Å². The van der Waals surface area contributed by atoms with Crippen LogP contribution in [0.5, 0.6) is 0 Å². The molecule has 1 atom stereocenters. The first-order valence-corrected chi connectivity index (χ1v) is 4.92. The SMILES string of the molecule is CC(=O)NNC(=O)CN[C@@H](C)c1ccco1. The van der Waals surface area contributed by atoms with Crippen molar-refractivity contribution in [1.82, 2.24) is 16.2 Å². The van der Waals surface area contributed by atoms with E-state index in [4.69, 9.17) is 4.42 Å². The standard InChI is InChI=1S/C10H15N3O3/c1-7(9-4-3-5-16-9)11-6-10(15)13-12-8(2)14/h3-5,7,11H,6H2,1-2H3,(H,12,14)(H,13,15)/t7-/m0/s1. The van der Waals surface area contributed by atoms with E-state index < -0.39 is 0 Å². The second-order valence-corrected chi connectivity index (χ2v) is 3.35. The molecule has 88 valence electrons. The zero-order chi connectivity index (χ0) is 12.0. The zero-order valence-electron chi connectivity index (χ0n) is 9.24. The van der Waals surface area contributed by atoms with Crippen molar-refractivity contribution in [2.75, 3.05) is 6.54 Å². The summed E-state index contributed by atoms with van der Waals surface area (Å²) in [6.07, 6.45) is 1.57. The first kappa shape index (κ1) is 12.3. The molecule has 0 aromatic carbocycles. The summed E-state index contributed by atoms with van der Waals surface area (Å²) in [5, 5.41) is 2.95. The van der Waals surface area contributed by atoms with Crippen LogP contribution in [0.15, 0.2) is 22.8 Å². The second-order valence-electron chi connectivity index (χ2n) is 3.35. The maximum Gasteiger partial charge on any atom is 0.252 e. The third kappa shape index (κ3) is 4.14. The molecule has 0 aliphatic heterocycles. The summed E-state index contributed by atoms with van der Waals surface area (Å²) < 4.78 is 5.16. The Morgan fingerprint density at radius 1 is 1.44 bits per heavy atom. The van der Waals surface area contributed by atoms with Crippen LogP contribution in [0.1, 0.15) is 25.6 Å². The molecule has 6 heteroatoms. The quantitative estimate of drug-likeness (QED) is 0.634. The Morgan fingerprint density at radius 3 is 2.75 bits per heavy atom. The van der Waals surface area contributed by atoms with E-state index in [-0.39, 0.29) is 24.4 Å². The molecular formula is C10H15N3O3. The number of amides is 2. The smallest absolute Gasteiger partial charge is 0.252 e. The van der Waals surface area contributed by atoms with Gasteiger partial charge in [0.2, 0.25) is 5.91 Å². The van der Waals surface area contributed by atoms with Gasteiger partial charge >= 0.3 is 0 Å². The van der Waals surface area contributed by atoms with Crippen molar-refractivity contribution in [2.45, 2.75) is 19.9 Å². The van der Waals surface area contributed by atoms with Crippen LogP contribution in [0.2, 0.25) is 0 Å². The molecule has 1 aromatic rings. The van der Waals surface area contributed by atoms with Gasteiger partial charge in [0.25, 0.3) is 5.91 Å².